The van der Waals surface area contributed by atoms with Gasteiger partial charge in [-0.25, -0.2) is 9.50 Å². The highest BCUT2D eigenvalue weighted by atomic mass is 15.3. The van der Waals surface area contributed by atoms with Crippen molar-refractivity contribution in [2.45, 2.75) is 26.8 Å². The van der Waals surface area contributed by atoms with Crippen LogP contribution in [0.4, 0.5) is 0 Å². The minimum Gasteiger partial charge on any atom is -0.325 e. The van der Waals surface area contributed by atoms with Crippen LogP contribution in [0.15, 0.2) is 6.20 Å². The highest BCUT2D eigenvalue weighted by Crippen LogP contribution is 2.06. The molecule has 2 aromatic heterocycles. The number of nitrogens with zero attached hydrogens (tertiary/aromatic N) is 3. The van der Waals surface area contributed by atoms with Crippen molar-refractivity contribution in [1.82, 2.24) is 19.6 Å². The van der Waals surface area contributed by atoms with E-state index in [1.165, 1.54) is 0 Å². The van der Waals surface area contributed by atoms with Crippen LogP contribution >= 0.6 is 0 Å². The van der Waals surface area contributed by atoms with E-state index in [1.807, 2.05) is 10.7 Å². The van der Waals surface area contributed by atoms with Crippen molar-refractivity contribution in [1.29, 1.82) is 0 Å². The van der Waals surface area contributed by atoms with Gasteiger partial charge in [-0.2, -0.15) is 4.98 Å². The van der Waals surface area contributed by atoms with E-state index in [-0.39, 0.29) is 0 Å². The zero-order valence-corrected chi connectivity index (χ0v) is 8.49. The Morgan fingerprint density at radius 2 is 2.29 bits per heavy atom. The SMILES string of the molecule is CC(C)Cc1nc2nc(CN)cn2[nH]1. The van der Waals surface area contributed by atoms with E-state index in [0.29, 0.717) is 18.2 Å². The van der Waals surface area contributed by atoms with E-state index in [1.54, 1.807) is 0 Å². The van der Waals surface area contributed by atoms with Crippen molar-refractivity contribution in [3.63, 3.8) is 0 Å². The van der Waals surface area contributed by atoms with Crippen molar-refractivity contribution in [2.75, 3.05) is 0 Å². The van der Waals surface area contributed by atoms with Crippen LogP contribution in [0.3, 0.4) is 0 Å². The first-order valence-electron chi connectivity index (χ1n) is 4.82. The largest absolute Gasteiger partial charge is 0.325 e. The molecule has 0 unspecified atom stereocenters. The second-order valence-electron chi connectivity index (χ2n) is 3.87. The maximum atomic E-state index is 5.47. The molecule has 3 N–H and O–H groups in total. The van der Waals surface area contributed by atoms with Crippen LogP contribution in [-0.4, -0.2) is 19.6 Å². The summed E-state index contributed by atoms with van der Waals surface area (Å²) in [5.41, 5.74) is 6.34. The van der Waals surface area contributed by atoms with Gasteiger partial charge in [0.25, 0.3) is 5.78 Å². The first kappa shape index (κ1) is 9.21. The molecule has 0 spiro atoms. The lowest BCUT2D eigenvalue weighted by Gasteiger charge is -1.98. The topological polar surface area (TPSA) is 72.0 Å². The molecular formula is C9H15N5. The molecule has 0 aliphatic heterocycles. The summed E-state index contributed by atoms with van der Waals surface area (Å²) in [5.74, 6) is 2.28. The van der Waals surface area contributed by atoms with Crippen molar-refractivity contribution in [2.24, 2.45) is 11.7 Å². The van der Waals surface area contributed by atoms with Gasteiger partial charge in [0.2, 0.25) is 0 Å². The Morgan fingerprint density at radius 3 is 2.86 bits per heavy atom. The number of imidazole rings is 1. The fraction of sp³-hybridized carbons (Fsp3) is 0.556. The Hall–Kier alpha value is -1.36. The lowest BCUT2D eigenvalue weighted by molar-refractivity contribution is 0.620. The van der Waals surface area contributed by atoms with Gasteiger partial charge < -0.3 is 5.73 Å². The molecular weight excluding hydrogens is 178 g/mol. The van der Waals surface area contributed by atoms with Crippen LogP contribution in [0.25, 0.3) is 5.78 Å². The summed E-state index contributed by atoms with van der Waals surface area (Å²) in [6.07, 6.45) is 2.83. The maximum Gasteiger partial charge on any atom is 0.250 e. The zero-order valence-electron chi connectivity index (χ0n) is 8.49. The van der Waals surface area contributed by atoms with Gasteiger partial charge in [0, 0.05) is 13.0 Å². The summed E-state index contributed by atoms with van der Waals surface area (Å²) >= 11 is 0. The Bertz CT molecular complexity index is 394. The molecule has 0 aromatic carbocycles. The van der Waals surface area contributed by atoms with Gasteiger partial charge in [-0.15, -0.1) is 0 Å². The third-order valence-corrected chi connectivity index (χ3v) is 2.03. The van der Waals surface area contributed by atoms with Gasteiger partial charge in [-0.05, 0) is 5.92 Å². The third-order valence-electron chi connectivity index (χ3n) is 2.03. The van der Waals surface area contributed by atoms with E-state index < -0.39 is 0 Å². The van der Waals surface area contributed by atoms with E-state index >= 15 is 0 Å². The van der Waals surface area contributed by atoms with Gasteiger partial charge in [0.1, 0.15) is 5.82 Å². The van der Waals surface area contributed by atoms with Gasteiger partial charge in [-0.3, -0.25) is 5.10 Å². The molecule has 5 nitrogen and oxygen atoms in total. The number of hydrogen-bond donors (Lipinski definition) is 2. The molecule has 0 saturated carbocycles. The number of nitrogens with two attached hydrogens (primary N) is 1. The molecule has 2 rings (SSSR count). The molecule has 2 heterocycles. The van der Waals surface area contributed by atoms with Crippen LogP contribution < -0.4 is 5.73 Å². The highest BCUT2D eigenvalue weighted by Gasteiger charge is 2.07. The van der Waals surface area contributed by atoms with Gasteiger partial charge in [0.15, 0.2) is 0 Å². The van der Waals surface area contributed by atoms with Gasteiger partial charge in [0.05, 0.1) is 11.9 Å². The summed E-state index contributed by atoms with van der Waals surface area (Å²) < 4.78 is 1.82. The highest BCUT2D eigenvalue weighted by molar-refractivity contribution is 5.29. The van der Waals surface area contributed by atoms with E-state index in [9.17, 15) is 0 Å². The molecule has 0 saturated heterocycles. The Labute approximate surface area is 82.3 Å². The number of nitrogens with one attached hydrogen (secondary N) is 1. The van der Waals surface area contributed by atoms with Crippen molar-refractivity contribution in [3.8, 4) is 0 Å². The van der Waals surface area contributed by atoms with E-state index in [4.69, 9.17) is 5.73 Å². The predicted molar refractivity (Wildman–Crippen MR) is 53.8 cm³/mol. The second kappa shape index (κ2) is 3.42. The van der Waals surface area contributed by atoms with Crippen LogP contribution in [0.2, 0.25) is 0 Å². The number of aromatic nitrogens is 4. The monoisotopic (exact) mass is 193 g/mol. The zero-order chi connectivity index (χ0) is 10.1. The van der Waals surface area contributed by atoms with Crippen LogP contribution in [0.5, 0.6) is 0 Å². The molecule has 5 heteroatoms. The first-order valence-corrected chi connectivity index (χ1v) is 4.82. The van der Waals surface area contributed by atoms with E-state index in [0.717, 1.165) is 17.9 Å². The number of rotatable bonds is 3. The average Bonchev–Trinajstić information content (AvgIpc) is 2.59. The number of hydrogen-bond acceptors (Lipinski definition) is 3. The summed E-state index contributed by atoms with van der Waals surface area (Å²) in [7, 11) is 0. The standard InChI is InChI=1S/C9H15N5/c1-6(2)3-8-12-9-11-7(4-10)5-14(9)13-8/h5-6H,3-4,10H2,1-2H3,(H,11,12,13). The van der Waals surface area contributed by atoms with Crippen molar-refractivity contribution in [3.05, 3.63) is 17.7 Å². The summed E-state index contributed by atoms with van der Waals surface area (Å²) in [4.78, 5) is 8.62. The Morgan fingerprint density at radius 1 is 1.50 bits per heavy atom. The maximum absolute atomic E-state index is 5.47. The lowest BCUT2D eigenvalue weighted by Crippen LogP contribution is -1.98. The van der Waals surface area contributed by atoms with Crippen molar-refractivity contribution < 1.29 is 0 Å². The molecule has 0 fully saturated rings. The van der Waals surface area contributed by atoms with E-state index in [2.05, 4.69) is 28.9 Å². The fourth-order valence-corrected chi connectivity index (χ4v) is 1.44. The third kappa shape index (κ3) is 1.63. The lowest BCUT2D eigenvalue weighted by atomic mass is 10.1. The predicted octanol–water partition coefficient (Wildman–Crippen LogP) is 0.715. The molecule has 2 aromatic rings. The quantitative estimate of drug-likeness (QED) is 0.754. The van der Waals surface area contributed by atoms with Gasteiger partial charge in [-0.1, -0.05) is 13.8 Å². The number of aromatic amines is 1. The molecule has 0 bridgehead atoms. The average molecular weight is 193 g/mol. The van der Waals surface area contributed by atoms with Crippen LogP contribution in [0, 0.1) is 5.92 Å². The number of H-pyrrole nitrogens is 1. The first-order chi connectivity index (χ1) is 6.69. The Kier molecular flexibility index (Phi) is 2.25. The summed E-state index contributed by atoms with van der Waals surface area (Å²) in [6.45, 7) is 4.78. The van der Waals surface area contributed by atoms with Crippen LogP contribution in [0.1, 0.15) is 25.4 Å². The molecule has 0 aliphatic rings. The molecule has 0 radical (unpaired) electrons. The summed E-state index contributed by atoms with van der Waals surface area (Å²) in [6, 6.07) is 0. The summed E-state index contributed by atoms with van der Waals surface area (Å²) in [5, 5.41) is 3.17. The minimum atomic E-state index is 0.455. The second-order valence-corrected chi connectivity index (χ2v) is 3.87. The van der Waals surface area contributed by atoms with Crippen LogP contribution in [-0.2, 0) is 13.0 Å². The smallest absolute Gasteiger partial charge is 0.250 e. The minimum absolute atomic E-state index is 0.455. The molecule has 0 atom stereocenters. The van der Waals surface area contributed by atoms with Crippen molar-refractivity contribution >= 4 is 5.78 Å². The molecule has 76 valence electrons. The Balaban J connectivity index is 2.30. The fourth-order valence-electron chi connectivity index (χ4n) is 1.44. The van der Waals surface area contributed by atoms with Gasteiger partial charge >= 0.3 is 0 Å². The molecule has 0 aliphatic carbocycles. The number of fused-ring (bicyclic) bond motifs is 1. The molecule has 0 amide bonds. The normalized spacial score (nSPS) is 11.7. The molecule has 14 heavy (non-hydrogen) atoms.